The van der Waals surface area contributed by atoms with Gasteiger partial charge in [-0.1, -0.05) is 35.9 Å². The zero-order valence-corrected chi connectivity index (χ0v) is 15.7. The van der Waals surface area contributed by atoms with Gasteiger partial charge in [0.1, 0.15) is 12.1 Å². The summed E-state index contributed by atoms with van der Waals surface area (Å²) in [5.41, 5.74) is 2.57. The standard InChI is InChI=1S/C21H20ClN3O2/c1-25(13-18-8-9-23-14-24-18)21(27)12-20(15-4-2-6-17(22)10-15)16-5-3-7-19(26)11-16/h2-11,14,20,26H,12-13H2,1H3/t20-/m1/s1. The first-order chi connectivity index (χ1) is 13.0. The van der Waals surface area contributed by atoms with Gasteiger partial charge in [-0.15, -0.1) is 0 Å². The number of hydrogen-bond donors (Lipinski definition) is 1. The molecule has 1 N–H and O–H groups in total. The third-order valence-electron chi connectivity index (χ3n) is 4.37. The van der Waals surface area contributed by atoms with Crippen molar-refractivity contribution < 1.29 is 9.90 Å². The van der Waals surface area contributed by atoms with E-state index in [1.165, 1.54) is 6.33 Å². The molecule has 0 aliphatic rings. The lowest BCUT2D eigenvalue weighted by atomic mass is 9.88. The number of phenolic OH excluding ortho intramolecular Hbond substituents is 1. The molecule has 1 amide bonds. The predicted octanol–water partition coefficient (Wildman–Crippen LogP) is 4.02. The lowest BCUT2D eigenvalue weighted by molar-refractivity contribution is -0.130. The van der Waals surface area contributed by atoms with Crippen molar-refractivity contribution in [1.29, 1.82) is 0 Å². The predicted molar refractivity (Wildman–Crippen MR) is 105 cm³/mol. The maximum absolute atomic E-state index is 12.9. The molecule has 0 spiro atoms. The van der Waals surface area contributed by atoms with Gasteiger partial charge >= 0.3 is 0 Å². The van der Waals surface area contributed by atoms with Crippen LogP contribution in [0.2, 0.25) is 5.02 Å². The van der Waals surface area contributed by atoms with E-state index in [2.05, 4.69) is 9.97 Å². The second kappa shape index (κ2) is 8.64. The van der Waals surface area contributed by atoms with Crippen LogP contribution in [-0.4, -0.2) is 32.9 Å². The van der Waals surface area contributed by atoms with E-state index in [0.717, 1.165) is 16.8 Å². The molecule has 0 bridgehead atoms. The number of benzene rings is 2. The Bertz CT molecular complexity index is 873. The number of rotatable bonds is 6. The number of aromatic hydroxyl groups is 1. The maximum atomic E-state index is 12.9. The van der Waals surface area contributed by atoms with Crippen LogP contribution in [0, 0.1) is 0 Å². The lowest BCUT2D eigenvalue weighted by Crippen LogP contribution is -2.28. The molecular weight excluding hydrogens is 362 g/mol. The molecule has 0 radical (unpaired) electrons. The zero-order chi connectivity index (χ0) is 19.2. The number of halogens is 1. The van der Waals surface area contributed by atoms with Gasteiger partial charge in [0, 0.05) is 30.6 Å². The Morgan fingerprint density at radius 2 is 1.89 bits per heavy atom. The second-order valence-electron chi connectivity index (χ2n) is 6.36. The van der Waals surface area contributed by atoms with Crippen molar-refractivity contribution in [2.45, 2.75) is 18.9 Å². The van der Waals surface area contributed by atoms with Crippen molar-refractivity contribution in [3.8, 4) is 5.75 Å². The number of amides is 1. The van der Waals surface area contributed by atoms with E-state index in [4.69, 9.17) is 11.6 Å². The van der Waals surface area contributed by atoms with Gasteiger partial charge in [0.25, 0.3) is 0 Å². The fourth-order valence-corrected chi connectivity index (χ4v) is 3.17. The SMILES string of the molecule is CN(Cc1ccncn1)C(=O)C[C@@H](c1cccc(O)c1)c1cccc(Cl)c1. The summed E-state index contributed by atoms with van der Waals surface area (Å²) in [6.45, 7) is 0.406. The normalized spacial score (nSPS) is 11.8. The van der Waals surface area contributed by atoms with Crippen LogP contribution in [0.15, 0.2) is 67.1 Å². The summed E-state index contributed by atoms with van der Waals surface area (Å²) < 4.78 is 0. The van der Waals surface area contributed by atoms with Crippen LogP contribution in [0.3, 0.4) is 0 Å². The Morgan fingerprint density at radius 1 is 1.15 bits per heavy atom. The van der Waals surface area contributed by atoms with Gasteiger partial charge in [0.2, 0.25) is 5.91 Å². The van der Waals surface area contributed by atoms with Gasteiger partial charge in [-0.2, -0.15) is 0 Å². The van der Waals surface area contributed by atoms with E-state index in [1.807, 2.05) is 24.3 Å². The Balaban J connectivity index is 1.83. The third-order valence-corrected chi connectivity index (χ3v) is 4.61. The van der Waals surface area contributed by atoms with Gasteiger partial charge in [0.05, 0.1) is 12.2 Å². The van der Waals surface area contributed by atoms with Crippen LogP contribution in [-0.2, 0) is 11.3 Å². The van der Waals surface area contributed by atoms with Crippen molar-refractivity contribution in [3.63, 3.8) is 0 Å². The zero-order valence-electron chi connectivity index (χ0n) is 14.9. The summed E-state index contributed by atoms with van der Waals surface area (Å²) in [5, 5.41) is 10.5. The third kappa shape index (κ3) is 5.05. The fraction of sp³-hybridized carbons (Fsp3) is 0.190. The molecule has 1 atom stereocenters. The summed E-state index contributed by atoms with van der Waals surface area (Å²) >= 11 is 6.16. The first-order valence-electron chi connectivity index (χ1n) is 8.56. The highest BCUT2D eigenvalue weighted by Crippen LogP contribution is 2.32. The number of carbonyl (C=O) groups is 1. The van der Waals surface area contributed by atoms with Crippen molar-refractivity contribution in [2.24, 2.45) is 0 Å². The van der Waals surface area contributed by atoms with Gasteiger partial charge in [-0.25, -0.2) is 9.97 Å². The minimum Gasteiger partial charge on any atom is -0.508 e. The Kier molecular flexibility index (Phi) is 6.04. The van der Waals surface area contributed by atoms with E-state index >= 15 is 0 Å². The van der Waals surface area contributed by atoms with Crippen LogP contribution >= 0.6 is 11.6 Å². The summed E-state index contributed by atoms with van der Waals surface area (Å²) in [7, 11) is 1.75. The molecule has 3 rings (SSSR count). The fourth-order valence-electron chi connectivity index (χ4n) is 2.97. The number of phenols is 1. The molecule has 5 nitrogen and oxygen atoms in total. The van der Waals surface area contributed by atoms with Crippen LogP contribution < -0.4 is 0 Å². The summed E-state index contributed by atoms with van der Waals surface area (Å²) in [5.74, 6) is -0.0700. The number of hydrogen-bond acceptors (Lipinski definition) is 4. The first kappa shape index (κ1) is 18.9. The molecule has 1 heterocycles. The van der Waals surface area contributed by atoms with Crippen molar-refractivity contribution in [1.82, 2.24) is 14.9 Å². The lowest BCUT2D eigenvalue weighted by Gasteiger charge is -2.22. The van der Waals surface area contributed by atoms with E-state index in [0.29, 0.717) is 11.6 Å². The average Bonchev–Trinajstić information content (AvgIpc) is 2.66. The summed E-state index contributed by atoms with van der Waals surface area (Å²) in [6.07, 6.45) is 3.38. The molecule has 2 aromatic carbocycles. The minimum atomic E-state index is -0.212. The van der Waals surface area contributed by atoms with E-state index in [1.54, 1.807) is 48.5 Å². The number of carbonyl (C=O) groups excluding carboxylic acids is 1. The van der Waals surface area contributed by atoms with Crippen LogP contribution in [0.1, 0.15) is 29.2 Å². The van der Waals surface area contributed by atoms with E-state index in [9.17, 15) is 9.90 Å². The largest absolute Gasteiger partial charge is 0.508 e. The summed E-state index contributed by atoms with van der Waals surface area (Å²) in [4.78, 5) is 22.6. The highest BCUT2D eigenvalue weighted by atomic mass is 35.5. The van der Waals surface area contributed by atoms with Crippen molar-refractivity contribution >= 4 is 17.5 Å². The molecule has 1 aromatic heterocycles. The smallest absolute Gasteiger partial charge is 0.223 e. The van der Waals surface area contributed by atoms with Crippen LogP contribution in [0.5, 0.6) is 5.75 Å². The molecule has 0 unspecified atom stereocenters. The monoisotopic (exact) mass is 381 g/mol. The molecule has 0 aliphatic carbocycles. The molecule has 0 fully saturated rings. The van der Waals surface area contributed by atoms with Crippen molar-refractivity contribution in [3.05, 3.63) is 89.0 Å². The first-order valence-corrected chi connectivity index (χ1v) is 8.94. The van der Waals surface area contributed by atoms with Crippen molar-refractivity contribution in [2.75, 3.05) is 7.05 Å². The van der Waals surface area contributed by atoms with Crippen LogP contribution in [0.25, 0.3) is 0 Å². The molecule has 3 aromatic rings. The molecule has 138 valence electrons. The van der Waals surface area contributed by atoms with Gasteiger partial charge in [-0.3, -0.25) is 4.79 Å². The molecule has 0 aliphatic heterocycles. The topological polar surface area (TPSA) is 66.3 Å². The van der Waals surface area contributed by atoms with E-state index < -0.39 is 0 Å². The summed E-state index contributed by atoms with van der Waals surface area (Å²) in [6, 6.07) is 16.2. The molecule has 0 saturated heterocycles. The number of nitrogens with zero attached hydrogens (tertiary/aromatic N) is 3. The van der Waals surface area contributed by atoms with Gasteiger partial charge in [0.15, 0.2) is 0 Å². The quantitative estimate of drug-likeness (QED) is 0.700. The van der Waals surface area contributed by atoms with Gasteiger partial charge in [-0.05, 0) is 41.5 Å². The van der Waals surface area contributed by atoms with E-state index in [-0.39, 0.29) is 24.0 Å². The molecule has 6 heteroatoms. The highest BCUT2D eigenvalue weighted by molar-refractivity contribution is 6.30. The molecule has 0 saturated carbocycles. The maximum Gasteiger partial charge on any atom is 0.223 e. The van der Waals surface area contributed by atoms with Crippen LogP contribution in [0.4, 0.5) is 0 Å². The highest BCUT2D eigenvalue weighted by Gasteiger charge is 2.21. The Hall–Kier alpha value is -2.92. The Labute approximate surface area is 163 Å². The van der Waals surface area contributed by atoms with Gasteiger partial charge < -0.3 is 10.0 Å². The minimum absolute atomic E-state index is 0.0260. The second-order valence-corrected chi connectivity index (χ2v) is 6.79. The average molecular weight is 382 g/mol. The number of aromatic nitrogens is 2. The Morgan fingerprint density at radius 3 is 2.56 bits per heavy atom. The molecular formula is C21H20ClN3O2. The molecule has 27 heavy (non-hydrogen) atoms.